The zero-order valence-electron chi connectivity index (χ0n) is 12.5. The quantitative estimate of drug-likeness (QED) is 0.840. The van der Waals surface area contributed by atoms with Gasteiger partial charge in [0.2, 0.25) is 0 Å². The Morgan fingerprint density at radius 2 is 2.20 bits per heavy atom. The maximum Gasteiger partial charge on any atom is 0.307 e. The molecule has 2 rings (SSSR count). The second kappa shape index (κ2) is 6.27. The van der Waals surface area contributed by atoms with Gasteiger partial charge in [-0.15, -0.1) is 0 Å². The third kappa shape index (κ3) is 2.80. The van der Waals surface area contributed by atoms with E-state index in [1.165, 1.54) is 18.2 Å². The summed E-state index contributed by atoms with van der Waals surface area (Å²) in [4.78, 5) is 11.8. The number of carbonyl (C=O) groups excluding carboxylic acids is 1. The van der Waals surface area contributed by atoms with Gasteiger partial charge in [-0.3, -0.25) is 4.79 Å². The zero-order valence-corrected chi connectivity index (χ0v) is 12.5. The molecular formula is C16H23NO3. The Balaban J connectivity index is 2.41. The van der Waals surface area contributed by atoms with Gasteiger partial charge in [-0.05, 0) is 49.1 Å². The van der Waals surface area contributed by atoms with Gasteiger partial charge in [0.05, 0.1) is 26.2 Å². The van der Waals surface area contributed by atoms with Crippen LogP contribution in [0.4, 0.5) is 0 Å². The summed E-state index contributed by atoms with van der Waals surface area (Å²) < 4.78 is 10.2. The monoisotopic (exact) mass is 277 g/mol. The second-order valence-corrected chi connectivity index (χ2v) is 5.24. The SMILES string of the molecule is CCNC1(CC(=O)OC)CCCc2cc(OC)ccc21. The summed E-state index contributed by atoms with van der Waals surface area (Å²) in [6, 6.07) is 6.13. The van der Waals surface area contributed by atoms with Crippen LogP contribution in [0.15, 0.2) is 18.2 Å². The van der Waals surface area contributed by atoms with Gasteiger partial charge in [0.15, 0.2) is 0 Å². The summed E-state index contributed by atoms with van der Waals surface area (Å²) in [6.45, 7) is 2.89. The number of esters is 1. The molecule has 1 aliphatic rings. The minimum atomic E-state index is -0.304. The van der Waals surface area contributed by atoms with Crippen molar-refractivity contribution in [2.75, 3.05) is 20.8 Å². The summed E-state index contributed by atoms with van der Waals surface area (Å²) >= 11 is 0. The molecule has 0 radical (unpaired) electrons. The molecule has 1 N–H and O–H groups in total. The van der Waals surface area contributed by atoms with Gasteiger partial charge in [0.1, 0.15) is 5.75 Å². The first kappa shape index (κ1) is 14.9. The molecule has 0 bridgehead atoms. The highest BCUT2D eigenvalue weighted by Gasteiger charge is 2.38. The molecular weight excluding hydrogens is 254 g/mol. The van der Waals surface area contributed by atoms with Crippen LogP contribution in [0.5, 0.6) is 5.75 Å². The molecule has 1 unspecified atom stereocenters. The van der Waals surface area contributed by atoms with Crippen molar-refractivity contribution >= 4 is 5.97 Å². The molecule has 1 atom stereocenters. The fraction of sp³-hybridized carbons (Fsp3) is 0.562. The number of aryl methyl sites for hydroxylation is 1. The van der Waals surface area contributed by atoms with E-state index in [0.29, 0.717) is 6.42 Å². The largest absolute Gasteiger partial charge is 0.497 e. The van der Waals surface area contributed by atoms with Crippen LogP contribution in [0, 0.1) is 0 Å². The van der Waals surface area contributed by atoms with E-state index < -0.39 is 0 Å². The zero-order chi connectivity index (χ0) is 14.6. The second-order valence-electron chi connectivity index (χ2n) is 5.24. The first-order chi connectivity index (χ1) is 9.65. The molecule has 0 fully saturated rings. The number of nitrogens with one attached hydrogen (secondary N) is 1. The van der Waals surface area contributed by atoms with Crippen molar-refractivity contribution in [3.63, 3.8) is 0 Å². The number of ether oxygens (including phenoxy) is 2. The van der Waals surface area contributed by atoms with Crippen molar-refractivity contribution in [2.24, 2.45) is 0 Å². The molecule has 0 aliphatic heterocycles. The maximum atomic E-state index is 11.8. The molecule has 0 saturated heterocycles. The molecule has 110 valence electrons. The van der Waals surface area contributed by atoms with E-state index in [2.05, 4.69) is 24.4 Å². The standard InChI is InChI=1S/C16H23NO3/c1-4-17-16(11-15(18)20-3)9-5-6-12-10-13(19-2)7-8-14(12)16/h7-8,10,17H,4-6,9,11H2,1-3H3. The molecule has 0 saturated carbocycles. The first-order valence-electron chi connectivity index (χ1n) is 7.14. The Morgan fingerprint density at radius 3 is 2.85 bits per heavy atom. The predicted molar refractivity (Wildman–Crippen MR) is 77.9 cm³/mol. The highest BCUT2D eigenvalue weighted by Crippen LogP contribution is 2.39. The van der Waals surface area contributed by atoms with Crippen LogP contribution < -0.4 is 10.1 Å². The molecule has 0 spiro atoms. The lowest BCUT2D eigenvalue weighted by Gasteiger charge is -2.39. The minimum absolute atomic E-state index is 0.172. The molecule has 4 heteroatoms. The van der Waals surface area contributed by atoms with Crippen LogP contribution in [0.25, 0.3) is 0 Å². The number of benzene rings is 1. The molecule has 1 aromatic rings. The van der Waals surface area contributed by atoms with Gasteiger partial charge < -0.3 is 14.8 Å². The summed E-state index contributed by atoms with van der Waals surface area (Å²) in [5, 5.41) is 3.52. The van der Waals surface area contributed by atoms with Crippen LogP contribution in [0.1, 0.15) is 37.3 Å². The van der Waals surface area contributed by atoms with E-state index in [0.717, 1.165) is 31.6 Å². The number of fused-ring (bicyclic) bond motifs is 1. The third-order valence-electron chi connectivity index (χ3n) is 4.07. The van der Waals surface area contributed by atoms with Crippen molar-refractivity contribution in [3.8, 4) is 5.75 Å². The molecule has 1 aliphatic carbocycles. The summed E-state index contributed by atoms with van der Waals surface area (Å²) in [6.07, 6.45) is 3.41. The predicted octanol–water partition coefficient (Wildman–Crippen LogP) is 2.40. The van der Waals surface area contributed by atoms with E-state index in [1.54, 1.807) is 7.11 Å². The molecule has 0 aromatic heterocycles. The minimum Gasteiger partial charge on any atom is -0.497 e. The lowest BCUT2D eigenvalue weighted by Crippen LogP contribution is -2.46. The van der Waals surface area contributed by atoms with Crippen molar-refractivity contribution < 1.29 is 14.3 Å². The Morgan fingerprint density at radius 1 is 1.40 bits per heavy atom. The highest BCUT2D eigenvalue weighted by molar-refractivity contribution is 5.71. The third-order valence-corrected chi connectivity index (χ3v) is 4.07. The lowest BCUT2D eigenvalue weighted by molar-refractivity contribution is -0.142. The van der Waals surface area contributed by atoms with Crippen molar-refractivity contribution in [3.05, 3.63) is 29.3 Å². The Bertz CT molecular complexity index is 487. The normalized spacial score (nSPS) is 21.1. The van der Waals surface area contributed by atoms with Gasteiger partial charge >= 0.3 is 5.97 Å². The molecule has 20 heavy (non-hydrogen) atoms. The van der Waals surface area contributed by atoms with Gasteiger partial charge in [0, 0.05) is 0 Å². The van der Waals surface area contributed by atoms with E-state index in [-0.39, 0.29) is 11.5 Å². The van der Waals surface area contributed by atoms with Crippen LogP contribution in [-0.2, 0) is 21.5 Å². The smallest absolute Gasteiger partial charge is 0.307 e. The average Bonchev–Trinajstić information content (AvgIpc) is 2.47. The van der Waals surface area contributed by atoms with E-state index in [4.69, 9.17) is 9.47 Å². The molecule has 0 heterocycles. The molecule has 4 nitrogen and oxygen atoms in total. The van der Waals surface area contributed by atoms with Gasteiger partial charge in [0.25, 0.3) is 0 Å². The van der Waals surface area contributed by atoms with Gasteiger partial charge in [-0.1, -0.05) is 13.0 Å². The molecule has 0 amide bonds. The Kier molecular flexibility index (Phi) is 4.65. The van der Waals surface area contributed by atoms with Crippen molar-refractivity contribution in [2.45, 2.75) is 38.1 Å². The van der Waals surface area contributed by atoms with Crippen molar-refractivity contribution in [1.29, 1.82) is 0 Å². The van der Waals surface area contributed by atoms with Crippen LogP contribution in [0.3, 0.4) is 0 Å². The lowest BCUT2D eigenvalue weighted by atomic mass is 9.74. The number of rotatable bonds is 5. The topological polar surface area (TPSA) is 47.6 Å². The van der Waals surface area contributed by atoms with Gasteiger partial charge in [-0.25, -0.2) is 0 Å². The summed E-state index contributed by atoms with van der Waals surface area (Å²) in [7, 11) is 3.12. The summed E-state index contributed by atoms with van der Waals surface area (Å²) in [5.41, 5.74) is 2.17. The van der Waals surface area contributed by atoms with E-state index >= 15 is 0 Å². The number of hydrogen-bond acceptors (Lipinski definition) is 4. The number of carbonyl (C=O) groups is 1. The van der Waals surface area contributed by atoms with Crippen molar-refractivity contribution in [1.82, 2.24) is 5.32 Å². The average molecular weight is 277 g/mol. The Labute approximate surface area is 120 Å². The van der Waals surface area contributed by atoms with Gasteiger partial charge in [-0.2, -0.15) is 0 Å². The van der Waals surface area contributed by atoms with Crippen LogP contribution in [-0.4, -0.2) is 26.7 Å². The number of hydrogen-bond donors (Lipinski definition) is 1. The van der Waals surface area contributed by atoms with E-state index in [1.807, 2.05) is 6.07 Å². The fourth-order valence-electron chi connectivity index (χ4n) is 3.17. The van der Waals surface area contributed by atoms with Crippen LogP contribution in [0.2, 0.25) is 0 Å². The van der Waals surface area contributed by atoms with Crippen LogP contribution >= 0.6 is 0 Å². The Hall–Kier alpha value is -1.55. The summed E-state index contributed by atoms with van der Waals surface area (Å²) in [5.74, 6) is 0.698. The number of methoxy groups -OCH3 is 2. The fourth-order valence-corrected chi connectivity index (χ4v) is 3.17. The highest BCUT2D eigenvalue weighted by atomic mass is 16.5. The van der Waals surface area contributed by atoms with E-state index in [9.17, 15) is 4.79 Å². The molecule has 1 aromatic carbocycles. The maximum absolute atomic E-state index is 11.8. The first-order valence-corrected chi connectivity index (χ1v) is 7.14.